The van der Waals surface area contributed by atoms with Crippen molar-refractivity contribution in [3.8, 4) is 0 Å². The van der Waals surface area contributed by atoms with Gasteiger partial charge in [0.15, 0.2) is 5.65 Å². The summed E-state index contributed by atoms with van der Waals surface area (Å²) in [6, 6.07) is 3.70. The molecule has 13 heavy (non-hydrogen) atoms. The lowest BCUT2D eigenvalue weighted by atomic mass is 10.4. The van der Waals surface area contributed by atoms with Crippen LogP contribution in [0, 0.1) is 5.41 Å². The highest BCUT2D eigenvalue weighted by atomic mass is 15.1. The van der Waals surface area contributed by atoms with Crippen molar-refractivity contribution in [2.24, 2.45) is 5.73 Å². The van der Waals surface area contributed by atoms with E-state index in [2.05, 4.69) is 9.97 Å². The first-order valence-corrected chi connectivity index (χ1v) is 3.86. The van der Waals surface area contributed by atoms with E-state index in [1.165, 1.54) is 0 Å². The van der Waals surface area contributed by atoms with E-state index in [9.17, 15) is 0 Å². The Hall–Kier alpha value is -1.91. The number of imidazole rings is 1. The van der Waals surface area contributed by atoms with Crippen LogP contribution in [0.25, 0.3) is 11.2 Å². The number of aromatic nitrogens is 3. The molecule has 0 atom stereocenters. The Kier molecular flexibility index (Phi) is 1.70. The third-order valence-electron chi connectivity index (χ3n) is 1.72. The zero-order valence-electron chi connectivity index (χ0n) is 6.94. The molecule has 0 radical (unpaired) electrons. The zero-order chi connectivity index (χ0) is 9.26. The molecule has 0 saturated carbocycles. The van der Waals surface area contributed by atoms with E-state index in [4.69, 9.17) is 11.1 Å². The van der Waals surface area contributed by atoms with Gasteiger partial charge < -0.3 is 10.3 Å². The van der Waals surface area contributed by atoms with Gasteiger partial charge in [0.25, 0.3) is 0 Å². The molecule has 0 aliphatic heterocycles. The van der Waals surface area contributed by atoms with Crippen LogP contribution in [0.3, 0.4) is 0 Å². The molecular formula is C8H9N5. The molecule has 5 heteroatoms. The van der Waals surface area contributed by atoms with Gasteiger partial charge in [-0.3, -0.25) is 5.41 Å². The molecule has 2 aromatic rings. The highest BCUT2D eigenvalue weighted by Gasteiger charge is 2.02. The number of nitrogens with one attached hydrogen (secondary N) is 1. The van der Waals surface area contributed by atoms with Gasteiger partial charge in [-0.1, -0.05) is 0 Å². The Morgan fingerprint density at radius 3 is 3.15 bits per heavy atom. The molecule has 2 heterocycles. The molecule has 0 unspecified atom stereocenters. The predicted octanol–water partition coefficient (Wildman–Crippen LogP) is 0.367. The van der Waals surface area contributed by atoms with Crippen molar-refractivity contribution in [1.82, 2.24) is 14.5 Å². The van der Waals surface area contributed by atoms with E-state index in [0.29, 0.717) is 6.54 Å². The number of fused-ring (bicyclic) bond motifs is 1. The summed E-state index contributed by atoms with van der Waals surface area (Å²) in [7, 11) is 0. The van der Waals surface area contributed by atoms with E-state index in [-0.39, 0.29) is 5.84 Å². The molecule has 66 valence electrons. The van der Waals surface area contributed by atoms with Crippen LogP contribution in [0.4, 0.5) is 0 Å². The standard InChI is InChI=1S/C8H9N5/c9-7(10)4-13-5-12-6-2-1-3-11-8(6)13/h1-3,5H,4H2,(H3,9,10). The largest absolute Gasteiger partial charge is 0.386 e. The van der Waals surface area contributed by atoms with Gasteiger partial charge in [0.1, 0.15) is 11.4 Å². The van der Waals surface area contributed by atoms with Crippen molar-refractivity contribution < 1.29 is 0 Å². The van der Waals surface area contributed by atoms with E-state index >= 15 is 0 Å². The topological polar surface area (TPSA) is 80.6 Å². The molecule has 0 spiro atoms. The molecule has 2 rings (SSSR count). The molecule has 0 aliphatic rings. The SMILES string of the molecule is N=C(N)Cn1cnc2cccnc21. The summed E-state index contributed by atoms with van der Waals surface area (Å²) >= 11 is 0. The molecule has 2 aromatic heterocycles. The Bertz CT molecular complexity index is 444. The fourth-order valence-electron chi connectivity index (χ4n) is 1.20. The highest BCUT2D eigenvalue weighted by Crippen LogP contribution is 2.07. The van der Waals surface area contributed by atoms with E-state index in [1.807, 2.05) is 12.1 Å². The minimum absolute atomic E-state index is 0.102. The first kappa shape index (κ1) is 7.72. The fourth-order valence-corrected chi connectivity index (χ4v) is 1.20. The number of nitrogens with zero attached hydrogens (tertiary/aromatic N) is 3. The number of amidine groups is 1. The van der Waals surface area contributed by atoms with Crippen LogP contribution in [0.2, 0.25) is 0 Å². The summed E-state index contributed by atoms with van der Waals surface area (Å²) in [5, 5.41) is 7.15. The molecule has 3 N–H and O–H groups in total. The van der Waals surface area contributed by atoms with Gasteiger partial charge in [-0.15, -0.1) is 0 Å². The Balaban J connectivity index is 2.51. The third-order valence-corrected chi connectivity index (χ3v) is 1.72. The molecule has 0 aliphatic carbocycles. The summed E-state index contributed by atoms with van der Waals surface area (Å²) < 4.78 is 1.75. The maximum Gasteiger partial charge on any atom is 0.160 e. The van der Waals surface area contributed by atoms with Gasteiger partial charge in [-0.2, -0.15) is 0 Å². The van der Waals surface area contributed by atoms with Crippen LogP contribution in [-0.4, -0.2) is 20.4 Å². The van der Waals surface area contributed by atoms with Crippen LogP contribution < -0.4 is 5.73 Å². The Morgan fingerprint density at radius 2 is 2.38 bits per heavy atom. The van der Waals surface area contributed by atoms with Gasteiger partial charge in [0.2, 0.25) is 0 Å². The second-order valence-electron chi connectivity index (χ2n) is 2.74. The van der Waals surface area contributed by atoms with Crippen molar-refractivity contribution in [1.29, 1.82) is 5.41 Å². The quantitative estimate of drug-likeness (QED) is 0.511. The van der Waals surface area contributed by atoms with Gasteiger partial charge in [0, 0.05) is 6.20 Å². The maximum absolute atomic E-state index is 7.15. The van der Waals surface area contributed by atoms with Crippen LogP contribution in [0.5, 0.6) is 0 Å². The average Bonchev–Trinajstić information content (AvgIpc) is 2.48. The first-order chi connectivity index (χ1) is 6.27. The van der Waals surface area contributed by atoms with Crippen molar-refractivity contribution in [2.45, 2.75) is 6.54 Å². The Morgan fingerprint density at radius 1 is 1.54 bits per heavy atom. The summed E-state index contributed by atoms with van der Waals surface area (Å²) in [6.45, 7) is 0.341. The van der Waals surface area contributed by atoms with Crippen LogP contribution in [0.1, 0.15) is 0 Å². The lowest BCUT2D eigenvalue weighted by molar-refractivity contribution is 0.857. The average molecular weight is 175 g/mol. The molecule has 5 nitrogen and oxygen atoms in total. The molecule has 0 saturated heterocycles. The van der Waals surface area contributed by atoms with E-state index in [0.717, 1.165) is 11.2 Å². The number of nitrogens with two attached hydrogens (primary N) is 1. The monoisotopic (exact) mass is 175 g/mol. The number of hydrogen-bond donors (Lipinski definition) is 2. The number of pyridine rings is 1. The van der Waals surface area contributed by atoms with E-state index < -0.39 is 0 Å². The minimum Gasteiger partial charge on any atom is -0.386 e. The fraction of sp³-hybridized carbons (Fsp3) is 0.125. The van der Waals surface area contributed by atoms with Crippen LogP contribution in [0.15, 0.2) is 24.7 Å². The van der Waals surface area contributed by atoms with Crippen molar-refractivity contribution in [3.05, 3.63) is 24.7 Å². The van der Waals surface area contributed by atoms with Gasteiger partial charge in [0.05, 0.1) is 12.9 Å². The zero-order valence-corrected chi connectivity index (χ0v) is 6.94. The molecular weight excluding hydrogens is 166 g/mol. The predicted molar refractivity (Wildman–Crippen MR) is 49.4 cm³/mol. The van der Waals surface area contributed by atoms with Crippen molar-refractivity contribution in [3.63, 3.8) is 0 Å². The van der Waals surface area contributed by atoms with Crippen LogP contribution >= 0.6 is 0 Å². The van der Waals surface area contributed by atoms with Gasteiger partial charge >= 0.3 is 0 Å². The number of rotatable bonds is 2. The second kappa shape index (κ2) is 2.85. The summed E-state index contributed by atoms with van der Waals surface area (Å²) in [6.07, 6.45) is 3.33. The Labute approximate surface area is 74.7 Å². The second-order valence-corrected chi connectivity index (χ2v) is 2.74. The normalized spacial score (nSPS) is 10.5. The highest BCUT2D eigenvalue weighted by molar-refractivity contribution is 5.79. The molecule has 0 aromatic carbocycles. The lowest BCUT2D eigenvalue weighted by Crippen LogP contribution is -2.17. The van der Waals surface area contributed by atoms with E-state index in [1.54, 1.807) is 17.1 Å². The first-order valence-electron chi connectivity index (χ1n) is 3.86. The van der Waals surface area contributed by atoms with Gasteiger partial charge in [-0.25, -0.2) is 9.97 Å². The summed E-state index contributed by atoms with van der Waals surface area (Å²) in [5.74, 6) is 0.102. The minimum atomic E-state index is 0.102. The molecule has 0 bridgehead atoms. The lowest BCUT2D eigenvalue weighted by Gasteiger charge is -1.99. The van der Waals surface area contributed by atoms with Crippen molar-refractivity contribution >= 4 is 17.0 Å². The molecule has 0 amide bonds. The summed E-state index contributed by atoms with van der Waals surface area (Å²) in [5.41, 5.74) is 6.87. The molecule has 0 fully saturated rings. The maximum atomic E-state index is 7.15. The third kappa shape index (κ3) is 1.35. The van der Waals surface area contributed by atoms with Crippen molar-refractivity contribution in [2.75, 3.05) is 0 Å². The van der Waals surface area contributed by atoms with Crippen LogP contribution in [-0.2, 0) is 6.54 Å². The summed E-state index contributed by atoms with van der Waals surface area (Å²) in [4.78, 5) is 8.26. The number of hydrogen-bond acceptors (Lipinski definition) is 3. The smallest absolute Gasteiger partial charge is 0.160 e. The van der Waals surface area contributed by atoms with Gasteiger partial charge in [-0.05, 0) is 12.1 Å².